The predicted molar refractivity (Wildman–Crippen MR) is 133 cm³/mol. The number of nitrogens with one attached hydrogen (secondary N) is 3. The highest BCUT2D eigenvalue weighted by Gasteiger charge is 2.31. The largest absolute Gasteiger partial charge is 0.487 e. The van der Waals surface area contributed by atoms with E-state index in [9.17, 15) is 44.7 Å². The molecule has 1 heterocycles. The molecule has 41 heavy (non-hydrogen) atoms. The van der Waals surface area contributed by atoms with Crippen molar-refractivity contribution < 1.29 is 49.4 Å². The van der Waals surface area contributed by atoms with Gasteiger partial charge in [0.05, 0.1) is 32.3 Å². The van der Waals surface area contributed by atoms with Gasteiger partial charge in [0.2, 0.25) is 11.9 Å². The van der Waals surface area contributed by atoms with Crippen molar-refractivity contribution in [3.8, 4) is 5.75 Å². The first kappa shape index (κ1) is 32.0. The van der Waals surface area contributed by atoms with E-state index in [0.29, 0.717) is 0 Å². The number of benzene rings is 2. The summed E-state index contributed by atoms with van der Waals surface area (Å²) in [6, 6.07) is 4.90. The fourth-order valence-corrected chi connectivity index (χ4v) is 3.99. The van der Waals surface area contributed by atoms with Crippen molar-refractivity contribution >= 4 is 57.7 Å². The molecule has 2 amide bonds. The number of amides is 2. The smallest absolute Gasteiger partial charge is 0.405 e. The molecule has 2 aromatic carbocycles. The summed E-state index contributed by atoms with van der Waals surface area (Å²) in [5, 5.41) is 6.51. The first-order valence-corrected chi connectivity index (χ1v) is 12.0. The Labute approximate surface area is 235 Å². The summed E-state index contributed by atoms with van der Waals surface area (Å²) < 4.78 is 107. The summed E-state index contributed by atoms with van der Waals surface area (Å²) >= 11 is 12.6. The molecule has 0 bridgehead atoms. The van der Waals surface area contributed by atoms with Crippen LogP contribution in [0, 0.1) is 0 Å². The molecule has 0 aliphatic carbocycles. The van der Waals surface area contributed by atoms with E-state index in [1.54, 1.807) is 5.32 Å². The molecule has 0 aliphatic rings. The lowest BCUT2D eigenvalue weighted by atomic mass is 10.1. The number of ether oxygens (including phenoxy) is 1. The Hall–Kier alpha value is -3.53. The topological polar surface area (TPSA) is 97.3 Å². The van der Waals surface area contributed by atoms with Crippen LogP contribution in [-0.4, -0.2) is 53.3 Å². The Morgan fingerprint density at radius 2 is 1.73 bits per heavy atom. The second kappa shape index (κ2) is 12.5. The van der Waals surface area contributed by atoms with E-state index in [2.05, 4.69) is 15.6 Å². The molecule has 0 fully saturated rings. The van der Waals surface area contributed by atoms with Crippen LogP contribution in [0.4, 0.5) is 46.8 Å². The zero-order valence-corrected chi connectivity index (χ0v) is 22.1. The minimum Gasteiger partial charge on any atom is -0.487 e. The lowest BCUT2D eigenvalue weighted by molar-refractivity contribution is -0.153. The first-order valence-electron chi connectivity index (χ1n) is 11.3. The summed E-state index contributed by atoms with van der Waals surface area (Å²) in [7, 11) is 1.46. The van der Waals surface area contributed by atoms with Crippen LogP contribution in [0.15, 0.2) is 24.3 Å². The second-order valence-corrected chi connectivity index (χ2v) is 9.21. The molecule has 3 rings (SSSR count). The molecule has 0 unspecified atom stereocenters. The molecular weight excluding hydrogens is 617 g/mol. The number of hydrogen-bond donors (Lipinski definition) is 3. The standard InChI is InChI=1S/C23H19Cl2F8N5O3/c1-38-14-5-15(41-8-16(26)27)11(20(40)35-9-23(31,32)33)4-13(14)36-21(38)37-19-12(24)3-2-10(18(19)25)7-34-17(39)6-22(28,29)30/h2-5,16H,6-9H2,1H3,(H,34,39)(H,35,40)(H,36,37). The number of carbonyl (C=O) groups excluding carboxylic acids is 2. The van der Waals surface area contributed by atoms with Gasteiger partial charge in [-0.25, -0.2) is 13.8 Å². The third-order valence-electron chi connectivity index (χ3n) is 5.29. The molecule has 0 saturated heterocycles. The van der Waals surface area contributed by atoms with E-state index in [-0.39, 0.29) is 44.8 Å². The lowest BCUT2D eigenvalue weighted by Crippen LogP contribution is -2.34. The fraction of sp³-hybridized carbons (Fsp3) is 0.348. The second-order valence-electron chi connectivity index (χ2n) is 8.42. The monoisotopic (exact) mass is 635 g/mol. The van der Waals surface area contributed by atoms with Gasteiger partial charge in [0, 0.05) is 19.7 Å². The number of anilines is 2. The highest BCUT2D eigenvalue weighted by atomic mass is 35.5. The number of aryl methyl sites for hydroxylation is 1. The zero-order valence-electron chi connectivity index (χ0n) is 20.6. The number of carbonyl (C=O) groups is 2. The average molecular weight is 636 g/mol. The predicted octanol–water partition coefficient (Wildman–Crippen LogP) is 6.13. The number of rotatable bonds is 10. The fourth-order valence-electron chi connectivity index (χ4n) is 3.45. The average Bonchev–Trinajstić information content (AvgIpc) is 3.15. The van der Waals surface area contributed by atoms with Gasteiger partial charge < -0.3 is 25.3 Å². The molecule has 0 aliphatic heterocycles. The molecule has 224 valence electrons. The Bertz CT molecular complexity index is 1440. The molecule has 8 nitrogen and oxygen atoms in total. The molecule has 0 radical (unpaired) electrons. The highest BCUT2D eigenvalue weighted by Crippen LogP contribution is 2.37. The van der Waals surface area contributed by atoms with Crippen molar-refractivity contribution in [2.75, 3.05) is 18.5 Å². The highest BCUT2D eigenvalue weighted by molar-refractivity contribution is 6.39. The maximum absolute atomic E-state index is 12.8. The third-order valence-corrected chi connectivity index (χ3v) is 6.03. The van der Waals surface area contributed by atoms with Gasteiger partial charge in [-0.05, 0) is 17.7 Å². The minimum atomic E-state index is -4.74. The molecular formula is C23H19Cl2F8N5O3. The molecule has 18 heteroatoms. The molecule has 3 N–H and O–H groups in total. The quantitative estimate of drug-likeness (QED) is 0.233. The SMILES string of the molecule is Cn1c(Nc2c(Cl)ccc(CNC(=O)CC(F)(F)F)c2Cl)nc2cc(C(=O)NCC(F)(F)F)c(OCC(F)F)cc21. The van der Waals surface area contributed by atoms with Gasteiger partial charge >= 0.3 is 12.4 Å². The number of fused-ring (bicyclic) bond motifs is 1. The molecule has 1 aromatic heterocycles. The van der Waals surface area contributed by atoms with E-state index >= 15 is 0 Å². The van der Waals surface area contributed by atoms with Crippen LogP contribution in [0.5, 0.6) is 5.75 Å². The van der Waals surface area contributed by atoms with Crippen molar-refractivity contribution in [2.24, 2.45) is 7.05 Å². The molecule has 0 saturated carbocycles. The van der Waals surface area contributed by atoms with Crippen molar-refractivity contribution in [1.82, 2.24) is 20.2 Å². The Kier molecular flexibility index (Phi) is 9.79. The van der Waals surface area contributed by atoms with Crippen LogP contribution < -0.4 is 20.7 Å². The molecule has 0 spiro atoms. The Morgan fingerprint density at radius 1 is 1.05 bits per heavy atom. The van der Waals surface area contributed by atoms with Gasteiger partial charge in [0.1, 0.15) is 25.3 Å². The molecule has 3 aromatic rings. The summed E-state index contributed by atoms with van der Waals surface area (Å²) in [5.41, 5.74) is -0.0168. The number of nitrogens with zero attached hydrogens (tertiary/aromatic N) is 2. The van der Waals surface area contributed by atoms with Crippen molar-refractivity contribution in [3.63, 3.8) is 0 Å². The Balaban J connectivity index is 1.94. The number of hydrogen-bond acceptors (Lipinski definition) is 5. The van der Waals surface area contributed by atoms with E-state index in [1.165, 1.54) is 23.7 Å². The van der Waals surface area contributed by atoms with E-state index in [4.69, 9.17) is 27.9 Å². The maximum Gasteiger partial charge on any atom is 0.405 e. The van der Waals surface area contributed by atoms with Crippen LogP contribution in [0.25, 0.3) is 11.0 Å². The zero-order chi connectivity index (χ0) is 30.7. The summed E-state index contributed by atoms with van der Waals surface area (Å²) in [4.78, 5) is 28.2. The van der Waals surface area contributed by atoms with Crippen molar-refractivity contribution in [1.29, 1.82) is 0 Å². The van der Waals surface area contributed by atoms with Gasteiger partial charge in [-0.3, -0.25) is 9.59 Å². The van der Waals surface area contributed by atoms with Crippen molar-refractivity contribution in [2.45, 2.75) is 31.7 Å². The van der Waals surface area contributed by atoms with Crippen LogP contribution in [0.1, 0.15) is 22.3 Å². The molecule has 0 atom stereocenters. The number of aromatic nitrogens is 2. The summed E-state index contributed by atoms with van der Waals surface area (Å²) in [6.45, 7) is -3.20. The van der Waals surface area contributed by atoms with Gasteiger partial charge in [-0.2, -0.15) is 26.3 Å². The minimum absolute atomic E-state index is 0.00900. The van der Waals surface area contributed by atoms with Crippen LogP contribution in [-0.2, 0) is 18.4 Å². The van der Waals surface area contributed by atoms with Gasteiger partial charge in [0.25, 0.3) is 12.3 Å². The van der Waals surface area contributed by atoms with Crippen LogP contribution in [0.3, 0.4) is 0 Å². The lowest BCUT2D eigenvalue weighted by Gasteiger charge is -2.15. The van der Waals surface area contributed by atoms with Gasteiger partial charge in [0.15, 0.2) is 0 Å². The summed E-state index contributed by atoms with van der Waals surface area (Å²) in [6.07, 6.45) is -14.1. The number of imidazole rings is 1. The van der Waals surface area contributed by atoms with Crippen molar-refractivity contribution in [3.05, 3.63) is 45.4 Å². The maximum atomic E-state index is 12.8. The van der Waals surface area contributed by atoms with Crippen LogP contribution >= 0.6 is 23.2 Å². The van der Waals surface area contributed by atoms with E-state index in [0.717, 1.165) is 12.1 Å². The van der Waals surface area contributed by atoms with E-state index < -0.39 is 61.5 Å². The van der Waals surface area contributed by atoms with Gasteiger partial charge in [-0.15, -0.1) is 0 Å². The number of halogens is 10. The van der Waals surface area contributed by atoms with Crippen LogP contribution in [0.2, 0.25) is 10.0 Å². The van der Waals surface area contributed by atoms with E-state index in [1.807, 2.05) is 0 Å². The number of alkyl halides is 8. The summed E-state index contributed by atoms with van der Waals surface area (Å²) in [5.74, 6) is -2.96. The first-order chi connectivity index (χ1) is 18.9. The normalized spacial score (nSPS) is 12.1. The third kappa shape index (κ3) is 8.73. The Morgan fingerprint density at radius 3 is 2.34 bits per heavy atom. The van der Waals surface area contributed by atoms with Gasteiger partial charge in [-0.1, -0.05) is 29.3 Å².